The second kappa shape index (κ2) is 6.35. The van der Waals surface area contributed by atoms with E-state index in [4.69, 9.17) is 10.4 Å². The third-order valence-corrected chi connectivity index (χ3v) is 2.76. The maximum absolute atomic E-state index is 9.16. The predicted molar refractivity (Wildman–Crippen MR) is 74.1 cm³/mol. The summed E-state index contributed by atoms with van der Waals surface area (Å²) in [5.41, 5.74) is 2.27. The van der Waals surface area contributed by atoms with Crippen molar-refractivity contribution in [2.24, 2.45) is 10.3 Å². The molecule has 0 bridgehead atoms. The minimum absolute atomic E-state index is 0.270. The van der Waals surface area contributed by atoms with E-state index in [1.54, 1.807) is 12.1 Å². The van der Waals surface area contributed by atoms with E-state index in [0.717, 1.165) is 5.56 Å². The van der Waals surface area contributed by atoms with Crippen molar-refractivity contribution >= 4 is 11.4 Å². The van der Waals surface area contributed by atoms with Crippen LogP contribution in [0.1, 0.15) is 11.1 Å². The Morgan fingerprint density at radius 2 is 1.37 bits per heavy atom. The van der Waals surface area contributed by atoms with Crippen LogP contribution in [0.5, 0.6) is 0 Å². The first-order chi connectivity index (χ1) is 9.35. The molecule has 0 amide bonds. The minimum atomic E-state index is 0.270. The molecule has 96 valence electrons. The zero-order chi connectivity index (χ0) is 13.5. The van der Waals surface area contributed by atoms with Crippen molar-refractivity contribution in [3.8, 4) is 0 Å². The number of benzene rings is 2. The fourth-order valence-electron chi connectivity index (χ4n) is 1.83. The van der Waals surface area contributed by atoms with Gasteiger partial charge in [0, 0.05) is 12.0 Å². The topological polar surface area (TPSA) is 65.2 Å². The summed E-state index contributed by atoms with van der Waals surface area (Å²) in [5.74, 6) is 0. The smallest absolute Gasteiger partial charge is 0.135 e. The maximum atomic E-state index is 9.16. The van der Waals surface area contributed by atoms with E-state index in [2.05, 4.69) is 10.3 Å². The van der Waals surface area contributed by atoms with Gasteiger partial charge in [-0.2, -0.15) is 0 Å². The molecule has 2 N–H and O–H groups in total. The first-order valence-electron chi connectivity index (χ1n) is 5.88. The Morgan fingerprint density at radius 1 is 0.789 bits per heavy atom. The molecule has 0 aliphatic carbocycles. The number of nitrogens with zero attached hydrogens (tertiary/aromatic N) is 2. The van der Waals surface area contributed by atoms with Gasteiger partial charge in [0.25, 0.3) is 0 Å². The van der Waals surface area contributed by atoms with Crippen LogP contribution in [0.4, 0.5) is 0 Å². The highest BCUT2D eigenvalue weighted by Crippen LogP contribution is 2.08. The van der Waals surface area contributed by atoms with Crippen LogP contribution in [-0.2, 0) is 6.42 Å². The van der Waals surface area contributed by atoms with Crippen molar-refractivity contribution in [2.45, 2.75) is 6.42 Å². The van der Waals surface area contributed by atoms with Crippen molar-refractivity contribution in [1.29, 1.82) is 0 Å². The van der Waals surface area contributed by atoms with Gasteiger partial charge in [-0.1, -0.05) is 71.0 Å². The maximum Gasteiger partial charge on any atom is 0.135 e. The van der Waals surface area contributed by atoms with Crippen molar-refractivity contribution in [2.75, 3.05) is 0 Å². The van der Waals surface area contributed by atoms with Crippen LogP contribution in [0.15, 0.2) is 71.0 Å². The summed E-state index contributed by atoms with van der Waals surface area (Å²) in [4.78, 5) is 0. The highest BCUT2D eigenvalue weighted by molar-refractivity contribution is 6.48. The van der Waals surface area contributed by atoms with E-state index in [9.17, 15) is 0 Å². The van der Waals surface area contributed by atoms with Gasteiger partial charge >= 0.3 is 0 Å². The standard InChI is InChI=1S/C15H14N2O2/c18-16-14(11-12-7-3-1-4-8-12)15(17-19)13-9-5-2-6-10-13/h1-10,18-19H,11H2/b16-14-,17-15+. The molecular weight excluding hydrogens is 240 g/mol. The summed E-state index contributed by atoms with van der Waals surface area (Å²) in [6.45, 7) is 0. The lowest BCUT2D eigenvalue weighted by Gasteiger charge is -2.07. The minimum Gasteiger partial charge on any atom is -0.411 e. The normalized spacial score (nSPS) is 12.4. The number of rotatable bonds is 4. The van der Waals surface area contributed by atoms with Gasteiger partial charge in [0.1, 0.15) is 11.4 Å². The highest BCUT2D eigenvalue weighted by Gasteiger charge is 2.13. The second-order valence-electron chi connectivity index (χ2n) is 4.02. The van der Waals surface area contributed by atoms with Crippen LogP contribution >= 0.6 is 0 Å². The lowest BCUT2D eigenvalue weighted by molar-refractivity contribution is 0.313. The molecule has 0 radical (unpaired) electrons. The van der Waals surface area contributed by atoms with Gasteiger partial charge in [0.15, 0.2) is 0 Å². The van der Waals surface area contributed by atoms with Crippen LogP contribution < -0.4 is 0 Å². The molecule has 2 aromatic carbocycles. The SMILES string of the molecule is O/N=C(Cc1ccccc1)\C(=N\O)c1ccccc1. The fourth-order valence-corrected chi connectivity index (χ4v) is 1.83. The van der Waals surface area contributed by atoms with Crippen LogP contribution in [0, 0.1) is 0 Å². The summed E-state index contributed by atoms with van der Waals surface area (Å²) >= 11 is 0. The lowest BCUT2D eigenvalue weighted by atomic mass is 10.00. The zero-order valence-corrected chi connectivity index (χ0v) is 10.3. The summed E-state index contributed by atoms with van der Waals surface area (Å²) in [7, 11) is 0. The van der Waals surface area contributed by atoms with Gasteiger partial charge in [0.05, 0.1) is 0 Å². The second-order valence-corrected chi connectivity index (χ2v) is 4.02. The molecule has 0 aliphatic rings. The third-order valence-electron chi connectivity index (χ3n) is 2.76. The lowest BCUT2D eigenvalue weighted by Crippen LogP contribution is -2.18. The molecule has 4 nitrogen and oxygen atoms in total. The Hall–Kier alpha value is -2.62. The quantitative estimate of drug-likeness (QED) is 0.500. The van der Waals surface area contributed by atoms with E-state index in [-0.39, 0.29) is 5.71 Å². The molecule has 0 fully saturated rings. The molecule has 0 spiro atoms. The van der Waals surface area contributed by atoms with Gasteiger partial charge < -0.3 is 10.4 Å². The highest BCUT2D eigenvalue weighted by atomic mass is 16.4. The van der Waals surface area contributed by atoms with E-state index < -0.39 is 0 Å². The van der Waals surface area contributed by atoms with Crippen molar-refractivity contribution in [1.82, 2.24) is 0 Å². The molecule has 19 heavy (non-hydrogen) atoms. The average molecular weight is 254 g/mol. The largest absolute Gasteiger partial charge is 0.411 e. The Labute approximate surface area is 111 Å². The number of hydrogen-bond acceptors (Lipinski definition) is 4. The van der Waals surface area contributed by atoms with Gasteiger partial charge in [0.2, 0.25) is 0 Å². The Kier molecular flexibility index (Phi) is 4.29. The van der Waals surface area contributed by atoms with E-state index in [1.165, 1.54) is 0 Å². The molecule has 0 atom stereocenters. The third kappa shape index (κ3) is 3.19. The first-order valence-corrected chi connectivity index (χ1v) is 5.88. The van der Waals surface area contributed by atoms with Crippen LogP contribution in [-0.4, -0.2) is 21.8 Å². The Bertz CT molecular complexity index is 578. The molecule has 0 aliphatic heterocycles. The average Bonchev–Trinajstić information content (AvgIpc) is 2.49. The van der Waals surface area contributed by atoms with Gasteiger partial charge in [-0.25, -0.2) is 0 Å². The molecule has 0 unspecified atom stereocenters. The molecule has 0 heterocycles. The molecule has 2 rings (SSSR count). The van der Waals surface area contributed by atoms with Crippen molar-refractivity contribution < 1.29 is 10.4 Å². The predicted octanol–water partition coefficient (Wildman–Crippen LogP) is 2.94. The summed E-state index contributed by atoms with van der Waals surface area (Å²) in [6, 6.07) is 18.7. The van der Waals surface area contributed by atoms with E-state index >= 15 is 0 Å². The van der Waals surface area contributed by atoms with Crippen molar-refractivity contribution in [3.05, 3.63) is 71.8 Å². The van der Waals surface area contributed by atoms with E-state index in [0.29, 0.717) is 17.7 Å². The zero-order valence-electron chi connectivity index (χ0n) is 10.3. The molecular formula is C15H14N2O2. The van der Waals surface area contributed by atoms with E-state index in [1.807, 2.05) is 48.5 Å². The van der Waals surface area contributed by atoms with Gasteiger partial charge in [-0.3, -0.25) is 0 Å². The molecule has 0 saturated carbocycles. The first kappa shape index (κ1) is 12.8. The van der Waals surface area contributed by atoms with Crippen LogP contribution in [0.3, 0.4) is 0 Å². The number of hydrogen-bond donors (Lipinski definition) is 2. The monoisotopic (exact) mass is 254 g/mol. The molecule has 4 heteroatoms. The summed E-state index contributed by atoms with van der Waals surface area (Å²) in [5, 5.41) is 24.8. The molecule has 0 saturated heterocycles. The Morgan fingerprint density at radius 3 is 1.89 bits per heavy atom. The molecule has 2 aromatic rings. The molecule has 0 aromatic heterocycles. The fraction of sp³-hybridized carbons (Fsp3) is 0.0667. The summed E-state index contributed by atoms with van der Waals surface area (Å²) in [6.07, 6.45) is 0.394. The Balaban J connectivity index is 2.27. The van der Waals surface area contributed by atoms with Gasteiger partial charge in [-0.15, -0.1) is 0 Å². The van der Waals surface area contributed by atoms with Crippen LogP contribution in [0.25, 0.3) is 0 Å². The van der Waals surface area contributed by atoms with Gasteiger partial charge in [-0.05, 0) is 5.56 Å². The van der Waals surface area contributed by atoms with Crippen molar-refractivity contribution in [3.63, 3.8) is 0 Å². The van der Waals surface area contributed by atoms with Crippen LogP contribution in [0.2, 0.25) is 0 Å². The summed E-state index contributed by atoms with van der Waals surface area (Å²) < 4.78 is 0. The number of oxime groups is 2.